The SMILES string of the molecule is CCCn1c(=O)n(CC(=O)Nc2ccc(C(=O)NC)cc2C)c2ccccc21. The fraction of sp³-hybridized carbons (Fsp3) is 0.286. The molecule has 0 aliphatic rings. The summed E-state index contributed by atoms with van der Waals surface area (Å²) in [4.78, 5) is 37.1. The Morgan fingerprint density at radius 2 is 1.71 bits per heavy atom. The Balaban J connectivity index is 1.85. The summed E-state index contributed by atoms with van der Waals surface area (Å²) in [6.07, 6.45) is 0.830. The summed E-state index contributed by atoms with van der Waals surface area (Å²) in [5.74, 6) is -0.478. The van der Waals surface area contributed by atoms with Crippen LogP contribution in [0.25, 0.3) is 11.0 Å². The summed E-state index contributed by atoms with van der Waals surface area (Å²) >= 11 is 0. The van der Waals surface area contributed by atoms with Crippen LogP contribution >= 0.6 is 0 Å². The molecule has 2 aromatic carbocycles. The summed E-state index contributed by atoms with van der Waals surface area (Å²) in [7, 11) is 1.57. The number of amides is 2. The van der Waals surface area contributed by atoms with E-state index in [-0.39, 0.29) is 24.0 Å². The molecule has 3 aromatic rings. The number of imidazole rings is 1. The van der Waals surface area contributed by atoms with E-state index in [1.807, 2.05) is 38.1 Å². The molecule has 1 heterocycles. The molecule has 0 aliphatic heterocycles. The van der Waals surface area contributed by atoms with Crippen LogP contribution in [0.5, 0.6) is 0 Å². The van der Waals surface area contributed by atoms with Crippen LogP contribution in [0, 0.1) is 6.92 Å². The molecule has 0 saturated heterocycles. The molecule has 0 fully saturated rings. The van der Waals surface area contributed by atoms with Gasteiger partial charge in [-0.05, 0) is 49.2 Å². The van der Waals surface area contributed by atoms with Crippen LogP contribution in [0.3, 0.4) is 0 Å². The summed E-state index contributed by atoms with van der Waals surface area (Å²) < 4.78 is 3.20. The van der Waals surface area contributed by atoms with Gasteiger partial charge in [0.25, 0.3) is 5.91 Å². The van der Waals surface area contributed by atoms with Gasteiger partial charge < -0.3 is 10.6 Å². The average molecular weight is 380 g/mol. The normalized spacial score (nSPS) is 10.8. The van der Waals surface area contributed by atoms with Crippen LogP contribution in [0.1, 0.15) is 29.3 Å². The van der Waals surface area contributed by atoms with Crippen LogP contribution in [0.4, 0.5) is 5.69 Å². The van der Waals surface area contributed by atoms with Crippen molar-refractivity contribution in [3.05, 3.63) is 64.1 Å². The molecule has 7 heteroatoms. The van der Waals surface area contributed by atoms with Gasteiger partial charge in [-0.3, -0.25) is 18.7 Å². The van der Waals surface area contributed by atoms with Gasteiger partial charge in [0, 0.05) is 24.8 Å². The lowest BCUT2D eigenvalue weighted by atomic mass is 10.1. The minimum atomic E-state index is -0.294. The lowest BCUT2D eigenvalue weighted by Crippen LogP contribution is -2.29. The average Bonchev–Trinajstić information content (AvgIpc) is 2.95. The zero-order valence-corrected chi connectivity index (χ0v) is 16.3. The lowest BCUT2D eigenvalue weighted by molar-refractivity contribution is -0.116. The molecule has 0 radical (unpaired) electrons. The first-order valence-electron chi connectivity index (χ1n) is 9.27. The first-order valence-corrected chi connectivity index (χ1v) is 9.27. The molecule has 146 valence electrons. The van der Waals surface area contributed by atoms with Gasteiger partial charge in [-0.2, -0.15) is 0 Å². The number of nitrogens with zero attached hydrogens (tertiary/aromatic N) is 2. The Morgan fingerprint density at radius 3 is 2.32 bits per heavy atom. The molecule has 0 atom stereocenters. The standard InChI is InChI=1S/C21H24N4O3/c1-4-11-24-17-7-5-6-8-18(17)25(21(24)28)13-19(26)23-16-10-9-15(12-14(16)2)20(27)22-3/h5-10,12H,4,11,13H2,1-3H3,(H,22,27)(H,23,26). The van der Waals surface area contributed by atoms with Crippen molar-refractivity contribution in [3.8, 4) is 0 Å². The molecule has 0 unspecified atom stereocenters. The number of aryl methyl sites for hydroxylation is 2. The van der Waals surface area contributed by atoms with Crippen LogP contribution in [-0.4, -0.2) is 28.0 Å². The molecule has 1 aromatic heterocycles. The molecule has 0 aliphatic carbocycles. The predicted molar refractivity (Wildman–Crippen MR) is 110 cm³/mol. The second-order valence-electron chi connectivity index (χ2n) is 6.67. The van der Waals surface area contributed by atoms with Gasteiger partial charge in [-0.25, -0.2) is 4.79 Å². The molecule has 2 amide bonds. The highest BCUT2D eigenvalue weighted by molar-refractivity contribution is 5.96. The van der Waals surface area contributed by atoms with Gasteiger partial charge >= 0.3 is 5.69 Å². The number of hydrogen-bond donors (Lipinski definition) is 2. The molecule has 0 saturated carbocycles. The van der Waals surface area contributed by atoms with E-state index in [9.17, 15) is 14.4 Å². The number of aromatic nitrogens is 2. The molecule has 7 nitrogen and oxygen atoms in total. The molecule has 2 N–H and O–H groups in total. The van der Waals surface area contributed by atoms with Gasteiger partial charge in [0.15, 0.2) is 0 Å². The quantitative estimate of drug-likeness (QED) is 0.689. The Labute approximate surface area is 163 Å². The highest BCUT2D eigenvalue weighted by Gasteiger charge is 2.15. The molecule has 28 heavy (non-hydrogen) atoms. The van der Waals surface area contributed by atoms with E-state index in [1.165, 1.54) is 4.57 Å². The number of fused-ring (bicyclic) bond motifs is 1. The van der Waals surface area contributed by atoms with E-state index < -0.39 is 0 Å². The molecule has 0 spiro atoms. The molecule has 0 bridgehead atoms. The predicted octanol–water partition coefficient (Wildman–Crippen LogP) is 2.52. The van der Waals surface area contributed by atoms with Crippen LogP contribution in [0.2, 0.25) is 0 Å². The minimum absolute atomic E-state index is 0.0767. The van der Waals surface area contributed by atoms with Crippen molar-refractivity contribution in [1.29, 1.82) is 0 Å². The van der Waals surface area contributed by atoms with E-state index >= 15 is 0 Å². The third-order valence-corrected chi connectivity index (χ3v) is 4.66. The smallest absolute Gasteiger partial charge is 0.329 e. The van der Waals surface area contributed by atoms with Crippen molar-refractivity contribution in [1.82, 2.24) is 14.5 Å². The maximum atomic E-state index is 12.8. The lowest BCUT2D eigenvalue weighted by Gasteiger charge is -2.10. The number of carbonyl (C=O) groups excluding carboxylic acids is 2. The first kappa shape index (κ1) is 19.4. The van der Waals surface area contributed by atoms with Crippen molar-refractivity contribution in [3.63, 3.8) is 0 Å². The fourth-order valence-electron chi connectivity index (χ4n) is 3.29. The van der Waals surface area contributed by atoms with Crippen molar-refractivity contribution in [2.75, 3.05) is 12.4 Å². The fourth-order valence-corrected chi connectivity index (χ4v) is 3.29. The van der Waals surface area contributed by atoms with Gasteiger partial charge in [-0.15, -0.1) is 0 Å². The summed E-state index contributed by atoms with van der Waals surface area (Å²) in [6.45, 7) is 4.36. The van der Waals surface area contributed by atoms with E-state index in [2.05, 4.69) is 10.6 Å². The number of nitrogens with one attached hydrogen (secondary N) is 2. The maximum Gasteiger partial charge on any atom is 0.329 e. The first-order chi connectivity index (χ1) is 13.5. The Kier molecular flexibility index (Phi) is 5.63. The maximum absolute atomic E-state index is 12.8. The van der Waals surface area contributed by atoms with Crippen LogP contribution < -0.4 is 16.3 Å². The number of hydrogen-bond acceptors (Lipinski definition) is 3. The zero-order valence-electron chi connectivity index (χ0n) is 16.3. The van der Waals surface area contributed by atoms with Crippen molar-refractivity contribution < 1.29 is 9.59 Å². The number of benzene rings is 2. The molecular weight excluding hydrogens is 356 g/mol. The Bertz CT molecular complexity index is 1090. The van der Waals surface area contributed by atoms with Crippen molar-refractivity contribution in [2.45, 2.75) is 33.4 Å². The second kappa shape index (κ2) is 8.12. The largest absolute Gasteiger partial charge is 0.355 e. The zero-order chi connectivity index (χ0) is 20.3. The monoisotopic (exact) mass is 380 g/mol. The van der Waals surface area contributed by atoms with Gasteiger partial charge in [0.1, 0.15) is 6.54 Å². The molecular formula is C21H24N4O3. The number of rotatable bonds is 6. The highest BCUT2D eigenvalue weighted by Crippen LogP contribution is 2.17. The highest BCUT2D eigenvalue weighted by atomic mass is 16.2. The minimum Gasteiger partial charge on any atom is -0.355 e. The van der Waals surface area contributed by atoms with Crippen molar-refractivity contribution >= 4 is 28.5 Å². The summed E-state index contributed by atoms with van der Waals surface area (Å²) in [6, 6.07) is 12.5. The van der Waals surface area contributed by atoms with Crippen LogP contribution in [-0.2, 0) is 17.9 Å². The van der Waals surface area contributed by atoms with Gasteiger partial charge in [-0.1, -0.05) is 19.1 Å². The molecule has 3 rings (SSSR count). The van der Waals surface area contributed by atoms with Crippen molar-refractivity contribution in [2.24, 2.45) is 0 Å². The van der Waals surface area contributed by atoms with Gasteiger partial charge in [0.2, 0.25) is 5.91 Å². The number of carbonyl (C=O) groups is 2. The van der Waals surface area contributed by atoms with E-state index in [0.29, 0.717) is 17.8 Å². The second-order valence-corrected chi connectivity index (χ2v) is 6.67. The third-order valence-electron chi connectivity index (χ3n) is 4.66. The van der Waals surface area contributed by atoms with E-state index in [0.717, 1.165) is 23.0 Å². The summed E-state index contributed by atoms with van der Waals surface area (Å²) in [5.41, 5.74) is 3.29. The van der Waals surface area contributed by atoms with E-state index in [1.54, 1.807) is 29.8 Å². The van der Waals surface area contributed by atoms with Crippen LogP contribution in [0.15, 0.2) is 47.3 Å². The van der Waals surface area contributed by atoms with Gasteiger partial charge in [0.05, 0.1) is 11.0 Å². The Hall–Kier alpha value is -3.35. The number of para-hydroxylation sites is 2. The third kappa shape index (κ3) is 3.69. The van der Waals surface area contributed by atoms with E-state index in [4.69, 9.17) is 0 Å². The summed E-state index contributed by atoms with van der Waals surface area (Å²) in [5, 5.41) is 5.41. The Morgan fingerprint density at radius 1 is 1.04 bits per heavy atom. The number of anilines is 1. The topological polar surface area (TPSA) is 85.1 Å².